The number of carbonyl (C=O) groups is 1. The normalized spacial score (nSPS) is 13.2. The maximum Gasteiger partial charge on any atom is 0.203 e. The van der Waals surface area contributed by atoms with Crippen molar-refractivity contribution < 1.29 is 14.3 Å². The van der Waals surface area contributed by atoms with Gasteiger partial charge in [-0.25, -0.2) is 0 Å². The third kappa shape index (κ3) is 2.55. The maximum atomic E-state index is 11.5. The lowest BCUT2D eigenvalue weighted by Crippen LogP contribution is -2.06. The molecule has 0 amide bonds. The number of hydrogen-bond donors (Lipinski definition) is 0. The molecule has 1 aliphatic heterocycles. The minimum Gasteiger partial charge on any atom is -0.487 e. The summed E-state index contributed by atoms with van der Waals surface area (Å²) in [7, 11) is 0. The van der Waals surface area contributed by atoms with E-state index in [2.05, 4.69) is 21.0 Å². The zero-order valence-corrected chi connectivity index (χ0v) is 13.4. The third-order valence-electron chi connectivity index (χ3n) is 3.44. The fourth-order valence-corrected chi connectivity index (χ4v) is 2.72. The van der Waals surface area contributed by atoms with Crippen molar-refractivity contribution in [2.45, 2.75) is 27.0 Å². The van der Waals surface area contributed by atoms with Crippen molar-refractivity contribution in [3.8, 4) is 11.5 Å². The van der Waals surface area contributed by atoms with Gasteiger partial charge in [-0.1, -0.05) is 0 Å². The number of ketones is 1. The lowest BCUT2D eigenvalue weighted by atomic mass is 10.1. The first kappa shape index (κ1) is 14.1. The highest BCUT2D eigenvalue weighted by atomic mass is 79.9. The Labute approximate surface area is 131 Å². The standard InChI is InChI=1S/C15H15BrN2O3/c1-3-18-12(15(16)9(2)17-18)7-20-10-4-5-11-13(19)8-21-14(11)6-10/h4-6H,3,7-8H2,1-2H3. The van der Waals surface area contributed by atoms with Crippen LogP contribution in [0.1, 0.15) is 28.7 Å². The van der Waals surface area contributed by atoms with Gasteiger partial charge in [0.25, 0.3) is 0 Å². The van der Waals surface area contributed by atoms with E-state index < -0.39 is 0 Å². The summed E-state index contributed by atoms with van der Waals surface area (Å²) in [6.07, 6.45) is 0. The third-order valence-corrected chi connectivity index (χ3v) is 4.47. The van der Waals surface area contributed by atoms with E-state index in [9.17, 15) is 4.79 Å². The van der Waals surface area contributed by atoms with Crippen LogP contribution in [0.3, 0.4) is 0 Å². The second-order valence-electron chi connectivity index (χ2n) is 4.82. The van der Waals surface area contributed by atoms with Crippen LogP contribution in [0.25, 0.3) is 0 Å². The first-order valence-corrected chi connectivity index (χ1v) is 7.54. The van der Waals surface area contributed by atoms with E-state index in [-0.39, 0.29) is 12.4 Å². The van der Waals surface area contributed by atoms with E-state index in [1.165, 1.54) is 0 Å². The fourth-order valence-electron chi connectivity index (χ4n) is 2.32. The number of ether oxygens (including phenoxy) is 2. The van der Waals surface area contributed by atoms with Crippen LogP contribution in [0, 0.1) is 6.92 Å². The smallest absolute Gasteiger partial charge is 0.203 e. The molecular weight excluding hydrogens is 336 g/mol. The SMILES string of the molecule is CCn1nc(C)c(Br)c1COc1ccc2c(c1)OCC2=O. The summed E-state index contributed by atoms with van der Waals surface area (Å²) >= 11 is 3.54. The number of halogens is 1. The van der Waals surface area contributed by atoms with E-state index in [0.717, 1.165) is 22.4 Å². The Kier molecular flexibility index (Phi) is 3.71. The van der Waals surface area contributed by atoms with Gasteiger partial charge in [0.15, 0.2) is 6.61 Å². The van der Waals surface area contributed by atoms with Crippen LogP contribution in [0.2, 0.25) is 0 Å². The van der Waals surface area contributed by atoms with Gasteiger partial charge in [-0.15, -0.1) is 0 Å². The number of aromatic nitrogens is 2. The molecule has 1 aromatic heterocycles. The Balaban J connectivity index is 1.78. The molecule has 0 spiro atoms. The summed E-state index contributed by atoms with van der Waals surface area (Å²) in [6, 6.07) is 5.30. The molecular formula is C15H15BrN2O3. The van der Waals surface area contributed by atoms with Gasteiger partial charge >= 0.3 is 0 Å². The second kappa shape index (κ2) is 5.52. The van der Waals surface area contributed by atoms with Gasteiger partial charge in [-0.05, 0) is 41.9 Å². The number of nitrogens with zero attached hydrogens (tertiary/aromatic N) is 2. The van der Waals surface area contributed by atoms with E-state index in [1.54, 1.807) is 18.2 Å². The van der Waals surface area contributed by atoms with Crippen molar-refractivity contribution in [3.63, 3.8) is 0 Å². The van der Waals surface area contributed by atoms with Gasteiger partial charge in [0.2, 0.25) is 5.78 Å². The van der Waals surface area contributed by atoms with Crippen molar-refractivity contribution in [3.05, 3.63) is 39.6 Å². The van der Waals surface area contributed by atoms with Gasteiger partial charge in [-0.2, -0.15) is 5.10 Å². The second-order valence-corrected chi connectivity index (χ2v) is 5.61. The number of benzene rings is 1. The van der Waals surface area contributed by atoms with Crippen LogP contribution in [0.15, 0.2) is 22.7 Å². The molecule has 1 aliphatic rings. The highest BCUT2D eigenvalue weighted by Gasteiger charge is 2.21. The predicted octanol–water partition coefficient (Wildman–Crippen LogP) is 3.13. The Morgan fingerprint density at radius 2 is 2.29 bits per heavy atom. The van der Waals surface area contributed by atoms with Crippen molar-refractivity contribution in [1.29, 1.82) is 0 Å². The molecule has 0 N–H and O–H groups in total. The van der Waals surface area contributed by atoms with Crippen molar-refractivity contribution >= 4 is 21.7 Å². The average molecular weight is 351 g/mol. The molecule has 0 aliphatic carbocycles. The molecule has 0 radical (unpaired) electrons. The monoisotopic (exact) mass is 350 g/mol. The maximum absolute atomic E-state index is 11.5. The summed E-state index contributed by atoms with van der Waals surface area (Å²) in [5.74, 6) is 1.28. The van der Waals surface area contributed by atoms with E-state index >= 15 is 0 Å². The number of rotatable bonds is 4. The number of fused-ring (bicyclic) bond motifs is 1. The Morgan fingerprint density at radius 3 is 3.05 bits per heavy atom. The molecule has 1 aromatic carbocycles. The van der Waals surface area contributed by atoms with Crippen molar-refractivity contribution in [2.24, 2.45) is 0 Å². The lowest BCUT2D eigenvalue weighted by molar-refractivity contribution is 0.0961. The van der Waals surface area contributed by atoms with E-state index in [1.807, 2.05) is 18.5 Å². The predicted molar refractivity (Wildman–Crippen MR) is 80.9 cm³/mol. The zero-order chi connectivity index (χ0) is 15.0. The summed E-state index contributed by atoms with van der Waals surface area (Å²) in [4.78, 5) is 11.5. The number of aryl methyl sites for hydroxylation is 2. The summed E-state index contributed by atoms with van der Waals surface area (Å²) in [5.41, 5.74) is 2.56. The van der Waals surface area contributed by atoms with Crippen LogP contribution >= 0.6 is 15.9 Å². The average Bonchev–Trinajstić information content (AvgIpc) is 2.98. The number of carbonyl (C=O) groups excluding carboxylic acids is 1. The molecule has 110 valence electrons. The molecule has 0 atom stereocenters. The first-order valence-electron chi connectivity index (χ1n) is 6.74. The lowest BCUT2D eigenvalue weighted by Gasteiger charge is -2.09. The molecule has 0 saturated heterocycles. The number of Topliss-reactive ketones (excluding diaryl/α,β-unsaturated/α-hetero) is 1. The summed E-state index contributed by atoms with van der Waals surface area (Å²) < 4.78 is 14.0. The highest BCUT2D eigenvalue weighted by molar-refractivity contribution is 9.10. The van der Waals surface area contributed by atoms with Gasteiger partial charge in [0, 0.05) is 12.6 Å². The Hall–Kier alpha value is -1.82. The largest absolute Gasteiger partial charge is 0.487 e. The van der Waals surface area contributed by atoms with Crippen LogP contribution in [0.5, 0.6) is 11.5 Å². The molecule has 3 rings (SSSR count). The fraction of sp³-hybridized carbons (Fsp3) is 0.333. The topological polar surface area (TPSA) is 53.4 Å². The molecule has 21 heavy (non-hydrogen) atoms. The van der Waals surface area contributed by atoms with Crippen LogP contribution < -0.4 is 9.47 Å². The zero-order valence-electron chi connectivity index (χ0n) is 11.9. The van der Waals surface area contributed by atoms with E-state index in [4.69, 9.17) is 9.47 Å². The first-order chi connectivity index (χ1) is 10.1. The Bertz CT molecular complexity index is 709. The Morgan fingerprint density at radius 1 is 1.48 bits per heavy atom. The van der Waals surface area contributed by atoms with Crippen LogP contribution in [-0.2, 0) is 13.2 Å². The molecule has 2 heterocycles. The van der Waals surface area contributed by atoms with E-state index in [0.29, 0.717) is 23.7 Å². The van der Waals surface area contributed by atoms with Gasteiger partial charge in [-0.3, -0.25) is 9.48 Å². The van der Waals surface area contributed by atoms with Crippen LogP contribution in [-0.4, -0.2) is 22.2 Å². The van der Waals surface area contributed by atoms with Gasteiger partial charge < -0.3 is 9.47 Å². The van der Waals surface area contributed by atoms with Gasteiger partial charge in [0.1, 0.15) is 18.1 Å². The van der Waals surface area contributed by atoms with Crippen LogP contribution in [0.4, 0.5) is 0 Å². The minimum atomic E-state index is 0.0129. The molecule has 0 fully saturated rings. The quantitative estimate of drug-likeness (QED) is 0.849. The molecule has 0 unspecified atom stereocenters. The minimum absolute atomic E-state index is 0.0129. The highest BCUT2D eigenvalue weighted by Crippen LogP contribution is 2.30. The molecule has 0 saturated carbocycles. The summed E-state index contributed by atoms with van der Waals surface area (Å²) in [6.45, 7) is 5.30. The van der Waals surface area contributed by atoms with Crippen molar-refractivity contribution in [2.75, 3.05) is 6.61 Å². The molecule has 5 nitrogen and oxygen atoms in total. The van der Waals surface area contributed by atoms with Gasteiger partial charge in [0.05, 0.1) is 21.4 Å². The molecule has 2 aromatic rings. The molecule has 0 bridgehead atoms. The number of hydrogen-bond acceptors (Lipinski definition) is 4. The summed E-state index contributed by atoms with van der Waals surface area (Å²) in [5, 5.41) is 4.43. The van der Waals surface area contributed by atoms with Crippen molar-refractivity contribution in [1.82, 2.24) is 9.78 Å². The molecule has 6 heteroatoms.